The second kappa shape index (κ2) is 7.34. The van der Waals surface area contributed by atoms with E-state index in [1.54, 1.807) is 6.08 Å². The number of aromatic nitrogens is 3. The number of ketones is 2. The summed E-state index contributed by atoms with van der Waals surface area (Å²) in [6.07, 6.45) is 1.15. The Kier molecular flexibility index (Phi) is 5.05. The molecule has 0 unspecified atom stereocenters. The summed E-state index contributed by atoms with van der Waals surface area (Å²) < 4.78 is 17.6. The molecule has 3 aliphatic rings. The van der Waals surface area contributed by atoms with E-state index in [0.29, 0.717) is 5.57 Å². The van der Waals surface area contributed by atoms with Crippen molar-refractivity contribution in [3.63, 3.8) is 0 Å². The molecule has 0 amide bonds. The predicted octanol–water partition coefficient (Wildman–Crippen LogP) is 2.66. The number of benzene rings is 1. The van der Waals surface area contributed by atoms with Crippen LogP contribution in [0.2, 0.25) is 0 Å². The van der Waals surface area contributed by atoms with Crippen molar-refractivity contribution in [3.8, 4) is 5.75 Å². The SMILES string of the molecule is Cn1c(=O)n2n(c1=O)[C@@H]1C[C@@]3(Cl)C(=O)C(Cl)=C(Cl)C(=O)[C@@]3(Cl)[C@@H](c3cccc(F)c3O)C1=CC2. The van der Waals surface area contributed by atoms with Crippen LogP contribution in [0.3, 0.4) is 0 Å². The normalized spacial score (nSPS) is 30.6. The van der Waals surface area contributed by atoms with Gasteiger partial charge in [0.15, 0.2) is 23.1 Å². The van der Waals surface area contributed by atoms with Crippen molar-refractivity contribution in [1.29, 1.82) is 0 Å². The van der Waals surface area contributed by atoms with Gasteiger partial charge in [0.05, 0.1) is 12.6 Å². The number of Topliss-reactive ketones (excluding diaryl/α,β-unsaturated/α-hetero) is 2. The fourth-order valence-corrected chi connectivity index (χ4v) is 6.70. The fraction of sp³-hybridized carbons (Fsp3) is 0.333. The van der Waals surface area contributed by atoms with E-state index >= 15 is 0 Å². The molecule has 0 bridgehead atoms. The van der Waals surface area contributed by atoms with E-state index in [0.717, 1.165) is 20.0 Å². The Hall–Kier alpha value is -2.33. The van der Waals surface area contributed by atoms with Crippen LogP contribution < -0.4 is 11.4 Å². The van der Waals surface area contributed by atoms with E-state index in [4.69, 9.17) is 46.4 Å². The molecule has 1 aliphatic heterocycles. The molecule has 0 saturated heterocycles. The molecule has 5 rings (SSSR count). The highest BCUT2D eigenvalue weighted by Crippen LogP contribution is 2.64. The maximum atomic E-state index is 14.4. The molecule has 1 saturated carbocycles. The van der Waals surface area contributed by atoms with Gasteiger partial charge in [-0.25, -0.2) is 27.9 Å². The van der Waals surface area contributed by atoms with Crippen LogP contribution >= 0.6 is 46.4 Å². The summed E-state index contributed by atoms with van der Waals surface area (Å²) in [5, 5.41) is 9.34. The highest BCUT2D eigenvalue weighted by Gasteiger charge is 2.71. The third kappa shape index (κ3) is 2.61. The lowest BCUT2D eigenvalue weighted by molar-refractivity contribution is -0.128. The van der Waals surface area contributed by atoms with Gasteiger partial charge in [-0.05, 0) is 11.6 Å². The Morgan fingerprint density at radius 1 is 1.06 bits per heavy atom. The predicted molar refractivity (Wildman–Crippen MR) is 122 cm³/mol. The molecule has 0 spiro atoms. The Balaban J connectivity index is 1.89. The molecule has 1 N–H and O–H groups in total. The van der Waals surface area contributed by atoms with Crippen molar-refractivity contribution in [2.24, 2.45) is 7.05 Å². The first-order valence-corrected chi connectivity index (χ1v) is 11.5. The van der Waals surface area contributed by atoms with Gasteiger partial charge in [-0.2, -0.15) is 0 Å². The number of hydrogen-bond acceptors (Lipinski definition) is 5. The van der Waals surface area contributed by atoms with Gasteiger partial charge in [-0.1, -0.05) is 41.4 Å². The topological polar surface area (TPSA) is 103 Å². The van der Waals surface area contributed by atoms with Crippen molar-refractivity contribution in [2.75, 3.05) is 0 Å². The maximum Gasteiger partial charge on any atom is 0.347 e. The van der Waals surface area contributed by atoms with Crippen molar-refractivity contribution in [1.82, 2.24) is 13.9 Å². The number of phenols is 1. The summed E-state index contributed by atoms with van der Waals surface area (Å²) in [6, 6.07) is 2.58. The number of phenolic OH excluding ortho intramolecular Hbond substituents is 1. The molecule has 1 aromatic carbocycles. The molecule has 1 aromatic heterocycles. The molecule has 13 heteroatoms. The van der Waals surface area contributed by atoms with Gasteiger partial charge in [0.2, 0.25) is 0 Å². The zero-order valence-electron chi connectivity index (χ0n) is 17.2. The minimum atomic E-state index is -2.32. The standard InChI is InChI=1S/C21H14Cl4FN3O5/c1-27-18(33)28-6-5-8-11(29(28)19(27)34)7-20(24)16(31)13(22)14(23)17(32)21(20,25)12(8)9-3-2-4-10(26)15(9)30/h2-5,11-12,30H,6-7H2,1H3/t11-,12-,20-,21+/m1/s1. The van der Waals surface area contributed by atoms with Crippen LogP contribution in [-0.4, -0.2) is 40.4 Å². The molecular weight excluding hydrogens is 535 g/mol. The first-order valence-electron chi connectivity index (χ1n) is 9.96. The van der Waals surface area contributed by atoms with E-state index in [9.17, 15) is 28.7 Å². The van der Waals surface area contributed by atoms with Crippen molar-refractivity contribution in [3.05, 3.63) is 72.3 Å². The van der Waals surface area contributed by atoms with Crippen LogP contribution in [0.15, 0.2) is 49.5 Å². The van der Waals surface area contributed by atoms with Gasteiger partial charge < -0.3 is 5.11 Å². The molecule has 8 nitrogen and oxygen atoms in total. The third-order valence-corrected chi connectivity index (χ3v) is 9.08. The van der Waals surface area contributed by atoms with Gasteiger partial charge in [-0.3, -0.25) is 9.59 Å². The Labute approximate surface area is 210 Å². The number of nitrogens with zero attached hydrogens (tertiary/aromatic N) is 3. The lowest BCUT2D eigenvalue weighted by Gasteiger charge is -2.54. The largest absolute Gasteiger partial charge is 0.505 e. The van der Waals surface area contributed by atoms with Crippen LogP contribution in [0.4, 0.5) is 4.39 Å². The van der Waals surface area contributed by atoms with Gasteiger partial charge in [0.1, 0.15) is 19.8 Å². The summed E-state index contributed by atoms with van der Waals surface area (Å²) in [7, 11) is 1.29. The van der Waals surface area contributed by atoms with Crippen LogP contribution in [0, 0.1) is 5.82 Å². The van der Waals surface area contributed by atoms with Crippen molar-refractivity contribution >= 4 is 58.0 Å². The molecule has 4 atom stereocenters. The highest BCUT2D eigenvalue weighted by atomic mass is 35.5. The number of hydrogen-bond donors (Lipinski definition) is 1. The summed E-state index contributed by atoms with van der Waals surface area (Å²) in [5.41, 5.74) is -1.15. The average molecular weight is 549 g/mol. The van der Waals surface area contributed by atoms with Crippen LogP contribution in [0.1, 0.15) is 23.9 Å². The Morgan fingerprint density at radius 2 is 1.71 bits per heavy atom. The molecule has 2 aromatic rings. The van der Waals surface area contributed by atoms with E-state index in [1.807, 2.05) is 0 Å². The van der Waals surface area contributed by atoms with Crippen LogP contribution in [-0.2, 0) is 23.2 Å². The van der Waals surface area contributed by atoms with E-state index in [1.165, 1.54) is 19.2 Å². The molecule has 178 valence electrons. The molecule has 34 heavy (non-hydrogen) atoms. The van der Waals surface area contributed by atoms with E-state index < -0.39 is 72.7 Å². The van der Waals surface area contributed by atoms with Gasteiger partial charge >= 0.3 is 11.4 Å². The maximum absolute atomic E-state index is 14.4. The molecule has 0 radical (unpaired) electrons. The van der Waals surface area contributed by atoms with E-state index in [2.05, 4.69) is 0 Å². The lowest BCUT2D eigenvalue weighted by atomic mass is 9.59. The smallest absolute Gasteiger partial charge is 0.347 e. The summed E-state index contributed by atoms with van der Waals surface area (Å²) >= 11 is 26.0. The number of para-hydroxylation sites is 1. The highest BCUT2D eigenvalue weighted by molar-refractivity contribution is 6.66. The number of halogens is 5. The van der Waals surface area contributed by atoms with Crippen LogP contribution in [0.5, 0.6) is 5.75 Å². The second-order valence-electron chi connectivity index (χ2n) is 8.38. The van der Waals surface area contributed by atoms with Crippen LogP contribution in [0.25, 0.3) is 0 Å². The fourth-order valence-electron chi connectivity index (χ4n) is 5.19. The van der Waals surface area contributed by atoms with Gasteiger partial charge in [0, 0.05) is 24.9 Å². The zero-order chi connectivity index (χ0) is 24.9. The summed E-state index contributed by atoms with van der Waals surface area (Å²) in [4.78, 5) is 47.8. The quantitative estimate of drug-likeness (QED) is 0.436. The number of aromatic hydroxyl groups is 1. The Bertz CT molecular complexity index is 1500. The minimum Gasteiger partial charge on any atom is -0.505 e. The summed E-state index contributed by atoms with van der Waals surface area (Å²) in [6.45, 7) is -0.0813. The number of carbonyl (C=O) groups excluding carboxylic acids is 2. The first-order chi connectivity index (χ1) is 15.9. The monoisotopic (exact) mass is 547 g/mol. The number of fused-ring (bicyclic) bond motifs is 4. The summed E-state index contributed by atoms with van der Waals surface area (Å²) in [5.74, 6) is -5.15. The molecular formula is C21H14Cl4FN3O5. The molecule has 1 fully saturated rings. The lowest BCUT2D eigenvalue weighted by Crippen LogP contribution is -2.67. The minimum absolute atomic E-state index is 0.0813. The van der Waals surface area contributed by atoms with Crippen molar-refractivity contribution < 1.29 is 19.1 Å². The average Bonchev–Trinajstić information content (AvgIpc) is 3.03. The number of carbonyl (C=O) groups is 2. The van der Waals surface area contributed by atoms with Gasteiger partial charge in [-0.15, -0.1) is 23.2 Å². The number of allylic oxidation sites excluding steroid dienone is 4. The van der Waals surface area contributed by atoms with Gasteiger partial charge in [0.25, 0.3) is 0 Å². The molecule has 2 aliphatic carbocycles. The Morgan fingerprint density at radius 3 is 2.38 bits per heavy atom. The third-order valence-electron chi connectivity index (χ3n) is 6.82. The number of alkyl halides is 2. The van der Waals surface area contributed by atoms with Crippen molar-refractivity contribution in [2.45, 2.75) is 34.7 Å². The first kappa shape index (κ1) is 23.4. The molecule has 2 heterocycles. The second-order valence-corrected chi connectivity index (χ2v) is 10.4. The van der Waals surface area contributed by atoms with E-state index in [-0.39, 0.29) is 12.1 Å². The zero-order valence-corrected chi connectivity index (χ0v) is 20.2. The number of rotatable bonds is 1.